The van der Waals surface area contributed by atoms with E-state index in [0.29, 0.717) is 6.42 Å². The number of carboxylic acid groups (broad SMARTS) is 1. The van der Waals surface area contributed by atoms with Crippen LogP contribution in [0.15, 0.2) is 24.8 Å². The third-order valence-electron chi connectivity index (χ3n) is 0.787. The van der Waals surface area contributed by atoms with Gasteiger partial charge in [-0.15, -0.1) is 0 Å². The Morgan fingerprint density at radius 3 is 2.60 bits per heavy atom. The second-order valence-corrected chi connectivity index (χ2v) is 1.57. The molecule has 0 aromatic heterocycles. The Hall–Kier alpha value is -0.0500. The van der Waals surface area contributed by atoms with Gasteiger partial charge in [0.25, 0.3) is 0 Å². The van der Waals surface area contributed by atoms with Crippen molar-refractivity contribution in [3.05, 3.63) is 24.8 Å². The Kier molecular flexibility index (Phi) is 11.3. The van der Waals surface area contributed by atoms with Gasteiger partial charge in [0.2, 0.25) is 0 Å². The quantitative estimate of drug-likeness (QED) is 0.320. The molecule has 0 N–H and O–H groups in total. The van der Waals surface area contributed by atoms with Crippen molar-refractivity contribution < 1.29 is 39.5 Å². The van der Waals surface area contributed by atoms with Crippen LogP contribution in [0, 0.1) is 0 Å². The van der Waals surface area contributed by atoms with E-state index in [2.05, 4.69) is 6.58 Å². The minimum absolute atomic E-state index is 0. The molecule has 0 fully saturated rings. The van der Waals surface area contributed by atoms with Crippen LogP contribution in [0.3, 0.4) is 0 Å². The number of hydrogen-bond donors (Lipinski definition) is 0. The summed E-state index contributed by atoms with van der Waals surface area (Å²) in [5, 5.41) is 9.79. The molecule has 10 heavy (non-hydrogen) atoms. The summed E-state index contributed by atoms with van der Waals surface area (Å²) < 4.78 is 0. The number of carbonyl (C=O) groups excluding carboxylic acids is 1. The molecule has 50 valence electrons. The van der Waals surface area contributed by atoms with Gasteiger partial charge >= 0.3 is 29.6 Å². The molecule has 0 saturated carbocycles. The smallest absolute Gasteiger partial charge is 0.550 e. The molecule has 0 atom stereocenters. The van der Waals surface area contributed by atoms with Gasteiger partial charge < -0.3 is 9.90 Å². The van der Waals surface area contributed by atoms with Crippen molar-refractivity contribution in [2.75, 3.05) is 0 Å². The Bertz CT molecular complexity index is 130. The summed E-state index contributed by atoms with van der Waals surface area (Å²) in [5.41, 5.74) is 0. The summed E-state index contributed by atoms with van der Waals surface area (Å²) in [5.74, 6) is -1.01. The number of allylic oxidation sites excluding steroid dienone is 3. The molecule has 0 unspecified atom stereocenters. The minimum Gasteiger partial charge on any atom is -0.550 e. The SMILES string of the molecule is C=CC=CCCC(=O)[O-].[Na+]. The summed E-state index contributed by atoms with van der Waals surface area (Å²) in [4.78, 5) is 9.79. The molecule has 0 aliphatic rings. The number of carboxylic acids is 1. The van der Waals surface area contributed by atoms with E-state index in [0.717, 1.165) is 0 Å². The third-order valence-corrected chi connectivity index (χ3v) is 0.787. The molecule has 2 nitrogen and oxygen atoms in total. The average molecular weight is 148 g/mol. The molecule has 0 heterocycles. The predicted octanol–water partition coefficient (Wildman–Crippen LogP) is -2.74. The molecular formula is C7H9NaO2. The van der Waals surface area contributed by atoms with E-state index >= 15 is 0 Å². The second kappa shape index (κ2) is 8.95. The van der Waals surface area contributed by atoms with Crippen molar-refractivity contribution in [1.29, 1.82) is 0 Å². The maximum absolute atomic E-state index is 9.79. The van der Waals surface area contributed by atoms with Gasteiger partial charge in [-0.2, -0.15) is 0 Å². The van der Waals surface area contributed by atoms with E-state index in [9.17, 15) is 9.90 Å². The van der Waals surface area contributed by atoms with Crippen LogP contribution in [0.25, 0.3) is 0 Å². The van der Waals surface area contributed by atoms with Gasteiger partial charge in [-0.05, 0) is 12.8 Å². The fourth-order valence-electron chi connectivity index (χ4n) is 0.394. The summed E-state index contributed by atoms with van der Waals surface area (Å²) in [7, 11) is 0. The number of aliphatic carboxylic acids is 1. The van der Waals surface area contributed by atoms with Crippen LogP contribution in [0.5, 0.6) is 0 Å². The Morgan fingerprint density at radius 1 is 1.60 bits per heavy atom. The molecule has 0 aromatic rings. The van der Waals surface area contributed by atoms with Gasteiger partial charge in [0.15, 0.2) is 0 Å². The topological polar surface area (TPSA) is 40.1 Å². The molecule has 0 aliphatic heterocycles. The van der Waals surface area contributed by atoms with E-state index in [1.165, 1.54) is 0 Å². The summed E-state index contributed by atoms with van der Waals surface area (Å²) in [6, 6.07) is 0. The molecule has 0 amide bonds. The maximum Gasteiger partial charge on any atom is 1.00 e. The van der Waals surface area contributed by atoms with E-state index < -0.39 is 5.97 Å². The summed E-state index contributed by atoms with van der Waals surface area (Å²) in [6.45, 7) is 3.43. The van der Waals surface area contributed by atoms with Gasteiger partial charge in [0.1, 0.15) is 0 Å². The van der Waals surface area contributed by atoms with Crippen molar-refractivity contribution >= 4 is 5.97 Å². The van der Waals surface area contributed by atoms with Crippen LogP contribution < -0.4 is 34.7 Å². The van der Waals surface area contributed by atoms with Crippen molar-refractivity contribution in [2.45, 2.75) is 12.8 Å². The van der Waals surface area contributed by atoms with Crippen molar-refractivity contribution in [3.8, 4) is 0 Å². The molecular weight excluding hydrogens is 139 g/mol. The normalized spacial score (nSPS) is 8.80. The van der Waals surface area contributed by atoms with E-state index in [1.54, 1.807) is 18.2 Å². The monoisotopic (exact) mass is 148 g/mol. The Balaban J connectivity index is 0. The standard InChI is InChI=1S/C7H10O2.Na/c1-2-3-4-5-6-7(8)9;/h2-4H,1,5-6H2,(H,8,9);/q;+1/p-1. The maximum atomic E-state index is 9.79. The molecule has 0 spiro atoms. The molecule has 0 aliphatic carbocycles. The first-order valence-electron chi connectivity index (χ1n) is 2.74. The van der Waals surface area contributed by atoms with Gasteiger partial charge in [0, 0.05) is 5.97 Å². The summed E-state index contributed by atoms with van der Waals surface area (Å²) in [6.07, 6.45) is 5.67. The molecule has 3 heteroatoms. The van der Waals surface area contributed by atoms with Gasteiger partial charge in [-0.3, -0.25) is 0 Å². The zero-order valence-corrected chi connectivity index (χ0v) is 8.17. The second-order valence-electron chi connectivity index (χ2n) is 1.57. The first-order valence-corrected chi connectivity index (χ1v) is 2.74. The minimum atomic E-state index is -1.01. The average Bonchev–Trinajstić information content (AvgIpc) is 1.80. The largest absolute Gasteiger partial charge is 1.00 e. The van der Waals surface area contributed by atoms with E-state index in [1.807, 2.05) is 0 Å². The number of rotatable bonds is 4. The van der Waals surface area contributed by atoms with Gasteiger partial charge in [-0.25, -0.2) is 0 Å². The van der Waals surface area contributed by atoms with Gasteiger partial charge in [-0.1, -0.05) is 24.8 Å². The van der Waals surface area contributed by atoms with Crippen molar-refractivity contribution in [1.82, 2.24) is 0 Å². The Morgan fingerprint density at radius 2 is 2.20 bits per heavy atom. The van der Waals surface area contributed by atoms with Crippen LogP contribution in [-0.4, -0.2) is 5.97 Å². The number of hydrogen-bond acceptors (Lipinski definition) is 2. The van der Waals surface area contributed by atoms with Crippen LogP contribution in [-0.2, 0) is 4.79 Å². The number of carbonyl (C=O) groups is 1. The zero-order chi connectivity index (χ0) is 7.11. The van der Waals surface area contributed by atoms with Crippen LogP contribution in [0.4, 0.5) is 0 Å². The molecule has 0 saturated heterocycles. The predicted molar refractivity (Wildman–Crippen MR) is 33.6 cm³/mol. The Labute approximate surface area is 82.9 Å². The van der Waals surface area contributed by atoms with Crippen molar-refractivity contribution in [3.63, 3.8) is 0 Å². The van der Waals surface area contributed by atoms with Gasteiger partial charge in [0.05, 0.1) is 0 Å². The van der Waals surface area contributed by atoms with Crippen LogP contribution >= 0.6 is 0 Å². The molecule has 0 rings (SSSR count). The molecule has 0 bridgehead atoms. The van der Waals surface area contributed by atoms with Crippen LogP contribution in [0.1, 0.15) is 12.8 Å². The molecule has 0 aromatic carbocycles. The van der Waals surface area contributed by atoms with E-state index in [4.69, 9.17) is 0 Å². The van der Waals surface area contributed by atoms with Crippen molar-refractivity contribution in [2.24, 2.45) is 0 Å². The third kappa shape index (κ3) is 10.8. The first kappa shape index (κ1) is 12.6. The van der Waals surface area contributed by atoms with E-state index in [-0.39, 0.29) is 36.0 Å². The fraction of sp³-hybridized carbons (Fsp3) is 0.286. The zero-order valence-electron chi connectivity index (χ0n) is 6.17. The first-order chi connectivity index (χ1) is 4.27. The van der Waals surface area contributed by atoms with Crippen LogP contribution in [0.2, 0.25) is 0 Å². The fourth-order valence-corrected chi connectivity index (χ4v) is 0.394. The summed E-state index contributed by atoms with van der Waals surface area (Å²) >= 11 is 0. The molecule has 0 radical (unpaired) electrons.